The minimum atomic E-state index is -1.04. The Morgan fingerprint density at radius 1 is 1.38 bits per heavy atom. The summed E-state index contributed by atoms with van der Waals surface area (Å²) in [6, 6.07) is 3.67. The van der Waals surface area contributed by atoms with Crippen molar-refractivity contribution in [2.75, 3.05) is 5.32 Å². The molecule has 112 valence electrons. The fraction of sp³-hybridized carbons (Fsp3) is 0.385. The molecule has 1 saturated carbocycles. The molecule has 2 N–H and O–H groups in total. The number of nitro benzene ring substituents is 1. The topological polar surface area (TPSA) is 110 Å². The van der Waals surface area contributed by atoms with Crippen molar-refractivity contribution in [2.24, 2.45) is 17.3 Å². The van der Waals surface area contributed by atoms with Crippen molar-refractivity contribution >= 4 is 34.9 Å². The van der Waals surface area contributed by atoms with Gasteiger partial charge in [0.1, 0.15) is 0 Å². The molecule has 7 nitrogen and oxygen atoms in total. The molecule has 0 heterocycles. The van der Waals surface area contributed by atoms with Crippen LogP contribution in [-0.2, 0) is 9.59 Å². The smallest absolute Gasteiger partial charge is 0.307 e. The maximum absolute atomic E-state index is 12.1. The number of rotatable bonds is 4. The molecule has 0 aromatic heterocycles. The van der Waals surface area contributed by atoms with E-state index in [1.807, 2.05) is 0 Å². The predicted octanol–water partition coefficient (Wildman–Crippen LogP) is 2.54. The summed E-state index contributed by atoms with van der Waals surface area (Å²) in [6.07, 6.45) is 0. The van der Waals surface area contributed by atoms with E-state index in [1.54, 1.807) is 13.8 Å². The third kappa shape index (κ3) is 2.69. The minimum Gasteiger partial charge on any atom is -0.481 e. The lowest BCUT2D eigenvalue weighted by atomic mass is 10.1. The lowest BCUT2D eigenvalue weighted by Crippen LogP contribution is -2.18. The number of nitrogens with one attached hydrogen (secondary N) is 1. The molecule has 1 fully saturated rings. The van der Waals surface area contributed by atoms with Gasteiger partial charge in [0, 0.05) is 12.1 Å². The number of halogens is 1. The van der Waals surface area contributed by atoms with Crippen molar-refractivity contribution in [3.05, 3.63) is 33.3 Å². The zero-order chi connectivity index (χ0) is 15.9. The first-order chi connectivity index (χ1) is 9.66. The summed E-state index contributed by atoms with van der Waals surface area (Å²) in [4.78, 5) is 33.3. The Bertz CT molecular complexity index is 643. The first kappa shape index (κ1) is 15.2. The number of aliphatic carboxylic acids is 1. The number of carboxylic acids is 1. The summed E-state index contributed by atoms with van der Waals surface area (Å²) in [6.45, 7) is 3.37. The van der Waals surface area contributed by atoms with Crippen LogP contribution < -0.4 is 5.32 Å². The highest BCUT2D eigenvalue weighted by molar-refractivity contribution is 6.33. The van der Waals surface area contributed by atoms with Gasteiger partial charge in [0.15, 0.2) is 0 Å². The molecule has 0 saturated heterocycles. The Hall–Kier alpha value is -2.15. The Labute approximate surface area is 125 Å². The highest BCUT2D eigenvalue weighted by atomic mass is 35.5. The number of carbonyl (C=O) groups excluding carboxylic acids is 1. The Morgan fingerprint density at radius 2 is 2.00 bits per heavy atom. The van der Waals surface area contributed by atoms with Crippen molar-refractivity contribution in [3.8, 4) is 0 Å². The third-order valence-electron chi connectivity index (χ3n) is 3.79. The first-order valence-electron chi connectivity index (χ1n) is 6.14. The number of anilines is 1. The van der Waals surface area contributed by atoms with Gasteiger partial charge in [-0.05, 0) is 11.5 Å². The van der Waals surface area contributed by atoms with Gasteiger partial charge in [0.05, 0.1) is 27.5 Å². The number of nitrogens with zero attached hydrogens (tertiary/aromatic N) is 1. The Balaban J connectivity index is 2.20. The minimum absolute atomic E-state index is 0.0997. The average Bonchev–Trinajstić information content (AvgIpc) is 2.95. The lowest BCUT2D eigenvalue weighted by molar-refractivity contribution is -0.384. The zero-order valence-corrected chi connectivity index (χ0v) is 12.0. The summed E-state index contributed by atoms with van der Waals surface area (Å²) in [5.74, 6) is -3.00. The summed E-state index contributed by atoms with van der Waals surface area (Å²) in [5, 5.41) is 22.4. The molecule has 21 heavy (non-hydrogen) atoms. The van der Waals surface area contributed by atoms with Gasteiger partial charge < -0.3 is 10.4 Å². The molecule has 0 aliphatic heterocycles. The van der Waals surface area contributed by atoms with Crippen LogP contribution in [0.5, 0.6) is 0 Å². The van der Waals surface area contributed by atoms with E-state index in [4.69, 9.17) is 16.7 Å². The van der Waals surface area contributed by atoms with Gasteiger partial charge >= 0.3 is 5.97 Å². The molecule has 1 aliphatic rings. The molecule has 2 rings (SSSR count). The summed E-state index contributed by atoms with van der Waals surface area (Å²) >= 11 is 5.89. The Morgan fingerprint density at radius 3 is 2.48 bits per heavy atom. The van der Waals surface area contributed by atoms with Gasteiger partial charge in [0.25, 0.3) is 5.69 Å². The maximum atomic E-state index is 12.1. The van der Waals surface area contributed by atoms with Crippen LogP contribution in [0.25, 0.3) is 0 Å². The molecule has 0 bridgehead atoms. The quantitative estimate of drug-likeness (QED) is 0.655. The number of benzene rings is 1. The van der Waals surface area contributed by atoms with Gasteiger partial charge in [-0.15, -0.1) is 0 Å². The summed E-state index contributed by atoms with van der Waals surface area (Å²) < 4.78 is 0. The summed E-state index contributed by atoms with van der Waals surface area (Å²) in [5.41, 5.74) is -0.759. The average molecular weight is 313 g/mol. The fourth-order valence-corrected chi connectivity index (χ4v) is 2.69. The monoisotopic (exact) mass is 312 g/mol. The maximum Gasteiger partial charge on any atom is 0.307 e. The van der Waals surface area contributed by atoms with Crippen LogP contribution in [-0.4, -0.2) is 21.9 Å². The fourth-order valence-electron chi connectivity index (χ4n) is 2.52. The molecule has 1 aliphatic carbocycles. The molecule has 1 aromatic rings. The second-order valence-corrected chi connectivity index (χ2v) is 5.93. The second-order valence-electron chi connectivity index (χ2n) is 5.53. The molecule has 1 amide bonds. The van der Waals surface area contributed by atoms with Crippen LogP contribution in [0, 0.1) is 27.4 Å². The van der Waals surface area contributed by atoms with Crippen LogP contribution in [0.1, 0.15) is 13.8 Å². The van der Waals surface area contributed by atoms with Crippen LogP contribution in [0.2, 0.25) is 5.02 Å². The third-order valence-corrected chi connectivity index (χ3v) is 4.12. The molecule has 2 atom stereocenters. The van der Waals surface area contributed by atoms with Crippen LogP contribution >= 0.6 is 11.6 Å². The van der Waals surface area contributed by atoms with Crippen LogP contribution in [0.3, 0.4) is 0 Å². The number of carboxylic acid groups (broad SMARTS) is 1. The molecular formula is C13H13ClN2O5. The Kier molecular flexibility index (Phi) is 3.63. The predicted molar refractivity (Wildman–Crippen MR) is 75.1 cm³/mol. The standard InChI is InChI=1S/C13H13ClN2O5/c1-13(2)9(10(13)12(18)19)11(17)15-8-5-6(16(20)21)3-4-7(8)14/h3-5,9-10H,1-2H3,(H,15,17)(H,18,19)/t9-,10+/m1/s1. The number of carbonyl (C=O) groups is 2. The first-order valence-corrected chi connectivity index (χ1v) is 6.51. The van der Waals surface area contributed by atoms with E-state index in [1.165, 1.54) is 12.1 Å². The lowest BCUT2D eigenvalue weighted by Gasteiger charge is -2.07. The van der Waals surface area contributed by atoms with Crippen molar-refractivity contribution in [1.82, 2.24) is 0 Å². The van der Waals surface area contributed by atoms with E-state index in [9.17, 15) is 19.7 Å². The van der Waals surface area contributed by atoms with E-state index < -0.39 is 34.1 Å². The zero-order valence-electron chi connectivity index (χ0n) is 11.3. The molecular weight excluding hydrogens is 300 g/mol. The summed E-state index contributed by atoms with van der Waals surface area (Å²) in [7, 11) is 0. The van der Waals surface area contributed by atoms with E-state index >= 15 is 0 Å². The second kappa shape index (κ2) is 5.00. The molecule has 0 radical (unpaired) electrons. The van der Waals surface area contributed by atoms with E-state index in [-0.39, 0.29) is 16.4 Å². The van der Waals surface area contributed by atoms with Crippen molar-refractivity contribution < 1.29 is 19.6 Å². The number of amides is 1. The van der Waals surface area contributed by atoms with Crippen molar-refractivity contribution in [1.29, 1.82) is 0 Å². The van der Waals surface area contributed by atoms with Crippen LogP contribution in [0.4, 0.5) is 11.4 Å². The molecule has 8 heteroatoms. The van der Waals surface area contributed by atoms with Crippen molar-refractivity contribution in [3.63, 3.8) is 0 Å². The van der Waals surface area contributed by atoms with Gasteiger partial charge in [-0.25, -0.2) is 0 Å². The molecule has 1 aromatic carbocycles. The number of hydrogen-bond acceptors (Lipinski definition) is 4. The highest BCUT2D eigenvalue weighted by Gasteiger charge is 2.65. The van der Waals surface area contributed by atoms with Gasteiger partial charge in [0.2, 0.25) is 5.91 Å². The number of nitro groups is 1. The van der Waals surface area contributed by atoms with E-state index in [0.29, 0.717) is 0 Å². The highest BCUT2D eigenvalue weighted by Crippen LogP contribution is 2.58. The SMILES string of the molecule is CC1(C)[C@H](C(=O)O)[C@@H]1C(=O)Nc1cc([N+](=O)[O-])ccc1Cl. The number of non-ortho nitro benzene ring substituents is 1. The van der Waals surface area contributed by atoms with Gasteiger partial charge in [-0.3, -0.25) is 19.7 Å². The van der Waals surface area contributed by atoms with E-state index in [2.05, 4.69) is 5.32 Å². The van der Waals surface area contributed by atoms with Gasteiger partial charge in [-0.1, -0.05) is 25.4 Å². The van der Waals surface area contributed by atoms with Gasteiger partial charge in [-0.2, -0.15) is 0 Å². The van der Waals surface area contributed by atoms with E-state index in [0.717, 1.165) is 6.07 Å². The largest absolute Gasteiger partial charge is 0.481 e. The van der Waals surface area contributed by atoms with Crippen LogP contribution in [0.15, 0.2) is 18.2 Å². The molecule has 0 spiro atoms. The van der Waals surface area contributed by atoms with Crippen molar-refractivity contribution in [2.45, 2.75) is 13.8 Å². The molecule has 0 unspecified atom stereocenters. The normalized spacial score (nSPS) is 22.4. The number of hydrogen-bond donors (Lipinski definition) is 2.